The molecule has 224 valence electrons. The maximum Gasteiger partial charge on any atom is 0.290 e. The van der Waals surface area contributed by atoms with Crippen LogP contribution in [-0.2, 0) is 16.8 Å². The molecule has 12 heteroatoms. The lowest BCUT2D eigenvalue weighted by Crippen LogP contribution is -2.42. The van der Waals surface area contributed by atoms with Gasteiger partial charge in [-0.2, -0.15) is 10.4 Å². The Bertz CT molecular complexity index is 1740. The van der Waals surface area contributed by atoms with E-state index in [1.807, 2.05) is 24.3 Å². The predicted molar refractivity (Wildman–Crippen MR) is 165 cm³/mol. The number of rotatable bonds is 5. The van der Waals surface area contributed by atoms with Gasteiger partial charge in [-0.25, -0.2) is 4.68 Å². The first-order valence-corrected chi connectivity index (χ1v) is 14.8. The second kappa shape index (κ2) is 12.5. The van der Waals surface area contributed by atoms with E-state index in [2.05, 4.69) is 47.1 Å². The summed E-state index contributed by atoms with van der Waals surface area (Å²) in [6, 6.07) is 12.0. The fraction of sp³-hybridized carbons (Fsp3) is 0.387. The normalized spacial score (nSPS) is 17.9. The second-order valence-electron chi connectivity index (χ2n) is 11.6. The van der Waals surface area contributed by atoms with Gasteiger partial charge in [0.1, 0.15) is 12.4 Å². The van der Waals surface area contributed by atoms with Crippen molar-refractivity contribution >= 4 is 33.7 Å². The van der Waals surface area contributed by atoms with Gasteiger partial charge in [-0.3, -0.25) is 14.6 Å². The van der Waals surface area contributed by atoms with Gasteiger partial charge < -0.3 is 25.2 Å². The van der Waals surface area contributed by atoms with Crippen LogP contribution in [0.2, 0.25) is 0 Å². The average molecular weight is 603 g/mol. The van der Waals surface area contributed by atoms with Crippen LogP contribution in [0.4, 0.5) is 5.69 Å². The molecule has 11 nitrogen and oxygen atoms in total. The molecule has 0 bridgehead atoms. The van der Waals surface area contributed by atoms with Crippen molar-refractivity contribution in [2.24, 2.45) is 0 Å². The number of carbonyl (C=O) groups is 1. The number of pyridine rings is 1. The molecule has 0 aliphatic carbocycles. The highest BCUT2D eigenvalue weighted by Gasteiger charge is 2.34. The Kier molecular flexibility index (Phi) is 8.77. The number of carboxylic acid groups (broad SMARTS) is 1. The summed E-state index contributed by atoms with van der Waals surface area (Å²) in [6.07, 6.45) is 4.39. The first kappa shape index (κ1) is 30.2. The number of hydrogen-bond acceptors (Lipinski definition) is 10. The fourth-order valence-electron chi connectivity index (χ4n) is 5.58. The molecule has 0 amide bonds. The van der Waals surface area contributed by atoms with Gasteiger partial charge in [0, 0.05) is 53.0 Å². The van der Waals surface area contributed by atoms with E-state index < -0.39 is 0 Å². The van der Waals surface area contributed by atoms with Crippen LogP contribution in [0.15, 0.2) is 47.5 Å². The topological polar surface area (TPSA) is 154 Å². The Morgan fingerprint density at radius 3 is 2.72 bits per heavy atom. The first-order chi connectivity index (χ1) is 20.7. The van der Waals surface area contributed by atoms with Crippen molar-refractivity contribution in [3.63, 3.8) is 0 Å². The molecule has 0 unspecified atom stereocenters. The lowest BCUT2D eigenvalue weighted by atomic mass is 9.89. The molecule has 2 atom stereocenters. The first-order valence-electron chi connectivity index (χ1n) is 14.0. The minimum Gasteiger partial charge on any atom is -0.489 e. The molecule has 0 saturated carbocycles. The second-order valence-corrected chi connectivity index (χ2v) is 12.7. The molecular weight excluding hydrogens is 568 g/mol. The number of hydrogen-bond donors (Lipinski definition) is 3. The van der Waals surface area contributed by atoms with Crippen molar-refractivity contribution in [3.8, 4) is 22.9 Å². The summed E-state index contributed by atoms with van der Waals surface area (Å²) in [4.78, 5) is 29.2. The van der Waals surface area contributed by atoms with Crippen molar-refractivity contribution < 1.29 is 19.7 Å². The van der Waals surface area contributed by atoms with Crippen molar-refractivity contribution in [2.75, 3.05) is 31.2 Å². The van der Waals surface area contributed by atoms with Crippen LogP contribution in [0.25, 0.3) is 21.3 Å². The quantitative estimate of drug-likeness (QED) is 0.290. The van der Waals surface area contributed by atoms with E-state index >= 15 is 0 Å². The highest BCUT2D eigenvalue weighted by atomic mass is 32.1. The van der Waals surface area contributed by atoms with Crippen LogP contribution in [0.3, 0.4) is 0 Å². The summed E-state index contributed by atoms with van der Waals surface area (Å²) >= 11 is 1.58. The number of aromatic nitrogens is 3. The van der Waals surface area contributed by atoms with Crippen molar-refractivity contribution in [2.45, 2.75) is 51.2 Å². The van der Waals surface area contributed by atoms with Crippen LogP contribution < -0.4 is 20.5 Å². The average Bonchev–Trinajstić information content (AvgIpc) is 3.64. The Morgan fingerprint density at radius 1 is 1.26 bits per heavy atom. The summed E-state index contributed by atoms with van der Waals surface area (Å²) in [5.74, 6) is 0.698. The summed E-state index contributed by atoms with van der Waals surface area (Å²) in [5, 5.41) is 34.3. The molecular formula is C31H34N6O5S. The van der Waals surface area contributed by atoms with Gasteiger partial charge in [0.25, 0.3) is 12.0 Å². The molecule has 43 heavy (non-hydrogen) atoms. The highest BCUT2D eigenvalue weighted by molar-refractivity contribution is 7.19. The van der Waals surface area contributed by atoms with Gasteiger partial charge in [-0.05, 0) is 35.6 Å². The van der Waals surface area contributed by atoms with Gasteiger partial charge in [0.2, 0.25) is 0 Å². The Balaban J connectivity index is 0.00000118. The van der Waals surface area contributed by atoms with Gasteiger partial charge in [-0.15, -0.1) is 11.3 Å². The Hall–Kier alpha value is -4.31. The molecule has 4 aromatic rings. The SMILES string of the molecule is CC(C)(C)c1cnn(Cc2cc3nccc(-c4cc(C#N)cc5c4N([C@@H]4CN[C@@H](CO)C4)CCO5)c3s2)c(=O)c1.O=CO. The molecule has 6 rings (SSSR count). The number of nitrogens with zero attached hydrogens (tertiary/aromatic N) is 5. The van der Waals surface area contributed by atoms with Crippen molar-refractivity contribution in [1.29, 1.82) is 5.26 Å². The number of fused-ring (bicyclic) bond motifs is 2. The largest absolute Gasteiger partial charge is 0.489 e. The summed E-state index contributed by atoms with van der Waals surface area (Å²) in [7, 11) is 0. The fourth-order valence-corrected chi connectivity index (χ4v) is 6.70. The van der Waals surface area contributed by atoms with Gasteiger partial charge in [-0.1, -0.05) is 20.8 Å². The molecule has 0 radical (unpaired) electrons. The van der Waals surface area contributed by atoms with E-state index in [4.69, 9.17) is 14.6 Å². The summed E-state index contributed by atoms with van der Waals surface area (Å²) < 4.78 is 8.56. The molecule has 1 aromatic carbocycles. The van der Waals surface area contributed by atoms with E-state index in [1.54, 1.807) is 29.8 Å². The van der Waals surface area contributed by atoms with E-state index in [0.29, 0.717) is 24.5 Å². The van der Waals surface area contributed by atoms with Gasteiger partial charge in [0.15, 0.2) is 0 Å². The van der Waals surface area contributed by atoms with E-state index in [9.17, 15) is 15.2 Å². The van der Waals surface area contributed by atoms with Crippen LogP contribution in [0.1, 0.15) is 43.2 Å². The lowest BCUT2D eigenvalue weighted by Gasteiger charge is -2.37. The molecule has 1 saturated heterocycles. The molecule has 3 N–H and O–H groups in total. The standard InChI is InChI=1S/C30H32N6O3S.CH2O2/c1-30(2,3)19-10-27(38)36(34-14-19)16-22-12-25-29(40-22)23(4-5-32-25)24-8-18(13-31)9-26-28(24)35(6-7-39-26)21-11-20(17-37)33-15-21;2-1-3/h4-5,8-10,12,14,20-21,33,37H,6-7,11,15-17H2,1-3H3;1H,(H,2,3)/t20-,21+;/m1./s1. The number of nitrogens with one attached hydrogen (secondary N) is 1. The Labute approximate surface area is 253 Å². The minimum atomic E-state index is -0.250. The maximum absolute atomic E-state index is 12.9. The van der Waals surface area contributed by atoms with Crippen LogP contribution >= 0.6 is 11.3 Å². The van der Waals surface area contributed by atoms with E-state index in [1.165, 1.54) is 4.68 Å². The number of aliphatic hydroxyl groups is 1. The molecule has 0 spiro atoms. The van der Waals surface area contributed by atoms with Crippen molar-refractivity contribution in [3.05, 3.63) is 69.1 Å². The predicted octanol–water partition coefficient (Wildman–Crippen LogP) is 3.36. The van der Waals surface area contributed by atoms with Gasteiger partial charge in [0.05, 0.1) is 53.4 Å². The zero-order chi connectivity index (χ0) is 30.7. The third-order valence-electron chi connectivity index (χ3n) is 7.74. The molecule has 2 aliphatic rings. The van der Waals surface area contributed by atoms with Crippen LogP contribution in [0.5, 0.6) is 5.75 Å². The smallest absolute Gasteiger partial charge is 0.290 e. The minimum absolute atomic E-state index is 0.0695. The number of nitriles is 1. The molecule has 2 aliphatic heterocycles. The number of thiophene rings is 1. The number of aliphatic hydroxyl groups excluding tert-OH is 1. The zero-order valence-electron chi connectivity index (χ0n) is 24.3. The van der Waals surface area contributed by atoms with Crippen molar-refractivity contribution in [1.82, 2.24) is 20.1 Å². The molecule has 5 heterocycles. The summed E-state index contributed by atoms with van der Waals surface area (Å²) in [5.41, 5.74) is 4.85. The third-order valence-corrected chi connectivity index (χ3v) is 8.88. The zero-order valence-corrected chi connectivity index (χ0v) is 25.1. The monoisotopic (exact) mass is 602 g/mol. The van der Waals surface area contributed by atoms with E-state index in [-0.39, 0.29) is 36.1 Å². The Morgan fingerprint density at radius 2 is 2.05 bits per heavy atom. The maximum atomic E-state index is 12.9. The summed E-state index contributed by atoms with van der Waals surface area (Å²) in [6.45, 7) is 8.42. The highest BCUT2D eigenvalue weighted by Crippen LogP contribution is 2.46. The molecule has 3 aromatic heterocycles. The number of benzene rings is 1. The lowest BCUT2D eigenvalue weighted by molar-refractivity contribution is -0.122. The molecule has 1 fully saturated rings. The van der Waals surface area contributed by atoms with Crippen LogP contribution in [-0.4, -0.2) is 69.8 Å². The number of anilines is 1. The number of ether oxygens (including phenoxy) is 1. The third kappa shape index (κ3) is 6.24. The van der Waals surface area contributed by atoms with Crippen LogP contribution in [0, 0.1) is 11.3 Å². The van der Waals surface area contributed by atoms with E-state index in [0.717, 1.165) is 57.0 Å². The van der Waals surface area contributed by atoms with Gasteiger partial charge >= 0.3 is 0 Å².